The molecule has 0 bridgehead atoms. The Bertz CT molecular complexity index is 1220. The second-order valence-corrected chi connectivity index (χ2v) is 11.0. The van der Waals surface area contributed by atoms with Gasteiger partial charge in [-0.3, -0.25) is 4.99 Å². The van der Waals surface area contributed by atoms with Crippen molar-refractivity contribution >= 4 is 40.8 Å². The first-order valence-electron chi connectivity index (χ1n) is 12.2. The molecule has 0 aliphatic carbocycles. The lowest BCUT2D eigenvalue weighted by molar-refractivity contribution is -0.139. The van der Waals surface area contributed by atoms with Crippen molar-refractivity contribution in [2.75, 3.05) is 19.7 Å². The Kier molecular flexibility index (Phi) is 8.18. The number of carbonyl (C=O) groups is 2. The first-order chi connectivity index (χ1) is 17.6. The zero-order chi connectivity index (χ0) is 26.7. The summed E-state index contributed by atoms with van der Waals surface area (Å²) in [5.41, 5.74) is 0.691. The molecule has 2 aliphatic rings. The third-order valence-electron chi connectivity index (χ3n) is 6.04. The van der Waals surface area contributed by atoms with Crippen molar-refractivity contribution in [1.29, 1.82) is 0 Å². The number of halogens is 2. The fraction of sp³-hybridized carbons (Fsp3) is 0.462. The molecule has 0 saturated carbocycles. The molecule has 8 nitrogen and oxygen atoms in total. The van der Waals surface area contributed by atoms with Gasteiger partial charge in [0.2, 0.25) is 0 Å². The minimum Gasteiger partial charge on any atom is -0.463 e. The molecule has 11 heteroatoms. The topological polar surface area (TPSA) is 93.1 Å². The Morgan fingerprint density at radius 3 is 2.62 bits per heavy atom. The van der Waals surface area contributed by atoms with Crippen LogP contribution in [-0.4, -0.2) is 53.1 Å². The zero-order valence-corrected chi connectivity index (χ0v) is 22.8. The number of aromatic nitrogens is 1. The fourth-order valence-electron chi connectivity index (χ4n) is 4.40. The highest BCUT2D eigenvalue weighted by Crippen LogP contribution is 2.40. The Hall–Kier alpha value is -2.98. The van der Waals surface area contributed by atoms with Crippen LogP contribution in [-0.2, 0) is 14.3 Å². The number of ether oxygens (including phenoxy) is 2. The predicted molar refractivity (Wildman–Crippen MR) is 140 cm³/mol. The fourth-order valence-corrected chi connectivity index (χ4v) is 5.22. The summed E-state index contributed by atoms with van der Waals surface area (Å²) < 4.78 is 25.4. The van der Waals surface area contributed by atoms with Gasteiger partial charge in [-0.05, 0) is 46.6 Å². The molecule has 1 N–H and O–H groups in total. The lowest BCUT2D eigenvalue weighted by Crippen LogP contribution is -2.44. The number of nitrogens with zero attached hydrogens (tertiary/aromatic N) is 3. The maximum Gasteiger partial charge on any atom is 0.410 e. The van der Waals surface area contributed by atoms with Crippen molar-refractivity contribution in [3.05, 3.63) is 62.5 Å². The maximum atomic E-state index is 14.5. The number of allylic oxidation sites excluding steroid dienone is 1. The molecular formula is C26H30ClFN4O4S. The van der Waals surface area contributed by atoms with Crippen LogP contribution in [0.1, 0.15) is 57.1 Å². The molecule has 1 atom stereocenters. The largest absolute Gasteiger partial charge is 0.463 e. The van der Waals surface area contributed by atoms with Gasteiger partial charge < -0.3 is 19.7 Å². The van der Waals surface area contributed by atoms with Crippen LogP contribution in [0.4, 0.5) is 9.18 Å². The van der Waals surface area contributed by atoms with Crippen LogP contribution in [0.5, 0.6) is 0 Å². The van der Waals surface area contributed by atoms with Gasteiger partial charge in [-0.1, -0.05) is 23.7 Å². The number of amidine groups is 1. The number of likely N-dealkylation sites (tertiary alicyclic amines) is 1. The Morgan fingerprint density at radius 1 is 1.27 bits per heavy atom. The van der Waals surface area contributed by atoms with Gasteiger partial charge in [0.15, 0.2) is 10.8 Å². The van der Waals surface area contributed by atoms with Crippen molar-refractivity contribution in [2.24, 2.45) is 10.9 Å². The summed E-state index contributed by atoms with van der Waals surface area (Å²) in [4.78, 5) is 36.7. The van der Waals surface area contributed by atoms with E-state index >= 15 is 0 Å². The van der Waals surface area contributed by atoms with Crippen molar-refractivity contribution in [3.8, 4) is 0 Å². The normalized spacial score (nSPS) is 18.8. The van der Waals surface area contributed by atoms with E-state index in [1.54, 1.807) is 30.2 Å². The van der Waals surface area contributed by atoms with Gasteiger partial charge >= 0.3 is 12.1 Å². The van der Waals surface area contributed by atoms with E-state index in [1.165, 1.54) is 17.4 Å². The van der Waals surface area contributed by atoms with Gasteiger partial charge in [-0.25, -0.2) is 19.0 Å². The predicted octanol–water partition coefficient (Wildman–Crippen LogP) is 5.49. The number of nitrogens with one attached hydrogen (secondary N) is 1. The molecule has 1 aromatic carbocycles. The average Bonchev–Trinajstić information content (AvgIpc) is 3.39. The minimum absolute atomic E-state index is 0.0995. The van der Waals surface area contributed by atoms with E-state index in [0.29, 0.717) is 48.0 Å². The van der Waals surface area contributed by atoms with E-state index in [2.05, 4.69) is 10.3 Å². The lowest BCUT2D eigenvalue weighted by atomic mass is 9.85. The number of hydrogen-bond acceptors (Lipinski definition) is 8. The van der Waals surface area contributed by atoms with E-state index in [0.717, 1.165) is 0 Å². The molecule has 198 valence electrons. The molecule has 1 amide bonds. The SMILES string of the molecule is CCOC(=O)C1=C(C2CCN(C(=O)OC(C)(C)C)CC2)NC(c2nccs2)=NC1c1cccc(F)c1Cl. The molecule has 2 aliphatic heterocycles. The molecule has 3 heterocycles. The van der Waals surface area contributed by atoms with Gasteiger partial charge in [0.25, 0.3) is 0 Å². The number of aliphatic imine (C=N–C) groups is 1. The molecule has 0 radical (unpaired) electrons. The number of thiazole rings is 1. The summed E-state index contributed by atoms with van der Waals surface area (Å²) in [6.07, 6.45) is 2.47. The van der Waals surface area contributed by atoms with Gasteiger partial charge in [0.05, 0.1) is 17.2 Å². The maximum absolute atomic E-state index is 14.5. The first-order valence-corrected chi connectivity index (χ1v) is 13.4. The van der Waals surface area contributed by atoms with Crippen LogP contribution in [0, 0.1) is 11.7 Å². The second-order valence-electron chi connectivity index (χ2n) is 9.78. The summed E-state index contributed by atoms with van der Waals surface area (Å²) in [6, 6.07) is 3.58. The van der Waals surface area contributed by atoms with E-state index in [9.17, 15) is 14.0 Å². The Labute approximate surface area is 224 Å². The summed E-state index contributed by atoms with van der Waals surface area (Å²) in [5, 5.41) is 5.69. The number of hydrogen-bond donors (Lipinski definition) is 1. The molecule has 4 rings (SSSR count). The monoisotopic (exact) mass is 548 g/mol. The zero-order valence-electron chi connectivity index (χ0n) is 21.2. The summed E-state index contributed by atoms with van der Waals surface area (Å²) >= 11 is 7.77. The quantitative estimate of drug-likeness (QED) is 0.497. The number of carbonyl (C=O) groups excluding carboxylic acids is 2. The highest BCUT2D eigenvalue weighted by Gasteiger charge is 2.38. The Balaban J connectivity index is 1.73. The van der Waals surface area contributed by atoms with Crippen LogP contribution >= 0.6 is 22.9 Å². The molecule has 37 heavy (non-hydrogen) atoms. The Morgan fingerprint density at radius 2 is 2.00 bits per heavy atom. The molecule has 1 unspecified atom stereocenters. The molecule has 1 saturated heterocycles. The molecule has 1 fully saturated rings. The van der Waals surface area contributed by atoms with Crippen LogP contribution in [0.25, 0.3) is 0 Å². The summed E-state index contributed by atoms with van der Waals surface area (Å²) in [7, 11) is 0. The van der Waals surface area contributed by atoms with Crippen molar-refractivity contribution < 1.29 is 23.5 Å². The van der Waals surface area contributed by atoms with Crippen LogP contribution < -0.4 is 5.32 Å². The van der Waals surface area contributed by atoms with Crippen molar-refractivity contribution in [1.82, 2.24) is 15.2 Å². The van der Waals surface area contributed by atoms with Crippen molar-refractivity contribution in [2.45, 2.75) is 52.2 Å². The summed E-state index contributed by atoms with van der Waals surface area (Å²) in [6.45, 7) is 8.29. The number of benzene rings is 1. The highest BCUT2D eigenvalue weighted by molar-refractivity contribution is 7.11. The van der Waals surface area contributed by atoms with Crippen LogP contribution in [0.3, 0.4) is 0 Å². The molecule has 1 aromatic heterocycles. The summed E-state index contributed by atoms with van der Waals surface area (Å²) in [5.74, 6) is -0.790. The van der Waals surface area contributed by atoms with Crippen LogP contribution in [0.15, 0.2) is 46.0 Å². The third kappa shape index (κ3) is 6.13. The highest BCUT2D eigenvalue weighted by atomic mass is 35.5. The van der Waals surface area contributed by atoms with Gasteiger partial charge in [-0.15, -0.1) is 11.3 Å². The number of rotatable bonds is 5. The van der Waals surface area contributed by atoms with Gasteiger partial charge in [0.1, 0.15) is 17.5 Å². The third-order valence-corrected chi connectivity index (χ3v) is 7.21. The smallest absolute Gasteiger partial charge is 0.410 e. The molecule has 2 aromatic rings. The van der Waals surface area contributed by atoms with Gasteiger partial charge in [0, 0.05) is 41.8 Å². The van der Waals surface area contributed by atoms with E-state index in [-0.39, 0.29) is 29.2 Å². The number of esters is 1. The van der Waals surface area contributed by atoms with E-state index in [1.807, 2.05) is 26.2 Å². The van der Waals surface area contributed by atoms with E-state index in [4.69, 9.17) is 26.1 Å². The van der Waals surface area contributed by atoms with Crippen LogP contribution in [0.2, 0.25) is 5.02 Å². The number of piperidine rings is 1. The standard InChI is InChI=1S/C26H30ClFN4O4S/c1-5-35-24(33)18-20(15-9-12-32(13-10-15)25(34)36-26(2,3)4)30-22(23-29-11-14-37-23)31-21(18)16-7-6-8-17(28)19(16)27/h6-8,11,14-15,21H,5,9-10,12-13H2,1-4H3,(H,30,31). The van der Waals surface area contributed by atoms with Crippen molar-refractivity contribution in [3.63, 3.8) is 0 Å². The lowest BCUT2D eigenvalue weighted by Gasteiger charge is -2.37. The number of amides is 1. The minimum atomic E-state index is -0.888. The average molecular weight is 549 g/mol. The first kappa shape index (κ1) is 27.1. The second kappa shape index (κ2) is 11.2. The van der Waals surface area contributed by atoms with Gasteiger partial charge in [-0.2, -0.15) is 0 Å². The molecular weight excluding hydrogens is 519 g/mol. The molecule has 0 spiro atoms. The van der Waals surface area contributed by atoms with E-state index < -0.39 is 23.4 Å².